The van der Waals surface area contributed by atoms with Crippen molar-refractivity contribution >= 4 is 50.8 Å². The van der Waals surface area contributed by atoms with Crippen molar-refractivity contribution in [2.75, 3.05) is 12.0 Å². The normalized spacial score (nSPS) is 10.7. The number of amides is 2. The number of aryl methyl sites for hydroxylation is 1. The van der Waals surface area contributed by atoms with Crippen LogP contribution in [-0.4, -0.2) is 24.1 Å². The Labute approximate surface area is 194 Å². The predicted molar refractivity (Wildman–Crippen MR) is 126 cm³/mol. The van der Waals surface area contributed by atoms with Crippen molar-refractivity contribution in [3.8, 4) is 5.75 Å². The maximum atomic E-state index is 13.0. The van der Waals surface area contributed by atoms with Gasteiger partial charge in [0.1, 0.15) is 17.4 Å². The molecule has 4 aromatic rings. The fourth-order valence-electron chi connectivity index (χ4n) is 3.20. The second-order valence-electron chi connectivity index (χ2n) is 6.93. The Balaban J connectivity index is 1.55. The Hall–Kier alpha value is -3.42. The third kappa shape index (κ3) is 4.59. The molecule has 0 fully saturated rings. The smallest absolute Gasteiger partial charge is 0.421 e. The van der Waals surface area contributed by atoms with Gasteiger partial charge in [0.05, 0.1) is 23.0 Å². The van der Waals surface area contributed by atoms with E-state index in [1.54, 1.807) is 60.7 Å². The van der Waals surface area contributed by atoms with Gasteiger partial charge in [0.15, 0.2) is 0 Å². The molecule has 0 atom stereocenters. The Kier molecular flexibility index (Phi) is 6.39. The number of anilines is 1. The van der Waals surface area contributed by atoms with E-state index in [0.29, 0.717) is 34.2 Å². The van der Waals surface area contributed by atoms with Crippen LogP contribution in [0.25, 0.3) is 10.2 Å². The first-order chi connectivity index (χ1) is 15.5. The molecule has 4 rings (SSSR count). The molecule has 0 unspecified atom stereocenters. The molecular formula is C24H19ClN2O4S. The van der Waals surface area contributed by atoms with E-state index < -0.39 is 12.0 Å². The number of aromatic nitrogens is 1. The summed E-state index contributed by atoms with van der Waals surface area (Å²) in [5.74, 6) is 0.0917. The molecule has 162 valence electrons. The molecule has 6 nitrogen and oxygen atoms in total. The largest absolute Gasteiger partial charge is 0.486 e. The number of fused-ring (bicyclic) bond motifs is 1. The monoisotopic (exact) mass is 466 g/mol. The molecule has 0 saturated carbocycles. The quantitative estimate of drug-likeness (QED) is 0.347. The van der Waals surface area contributed by atoms with Crippen LogP contribution in [0.5, 0.6) is 5.75 Å². The van der Waals surface area contributed by atoms with Gasteiger partial charge in [-0.15, -0.1) is 11.3 Å². The summed E-state index contributed by atoms with van der Waals surface area (Å²) in [4.78, 5) is 31.0. The molecule has 32 heavy (non-hydrogen) atoms. The number of methoxy groups -OCH3 is 1. The molecule has 0 aliphatic heterocycles. The fourth-order valence-corrected chi connectivity index (χ4v) is 4.21. The number of rotatable bonds is 5. The van der Waals surface area contributed by atoms with Crippen LogP contribution in [0.4, 0.5) is 10.5 Å². The second kappa shape index (κ2) is 9.38. The molecule has 0 bridgehead atoms. The van der Waals surface area contributed by atoms with Gasteiger partial charge in [0.25, 0.3) is 5.91 Å². The average molecular weight is 467 g/mol. The lowest BCUT2D eigenvalue weighted by Crippen LogP contribution is -2.37. The molecule has 8 heteroatoms. The highest BCUT2D eigenvalue weighted by atomic mass is 35.5. The van der Waals surface area contributed by atoms with Crippen molar-refractivity contribution in [2.45, 2.75) is 13.5 Å². The zero-order valence-corrected chi connectivity index (χ0v) is 18.9. The maximum absolute atomic E-state index is 13.0. The molecule has 0 saturated heterocycles. The lowest BCUT2D eigenvalue weighted by molar-refractivity contribution is 0.0975. The van der Waals surface area contributed by atoms with E-state index in [1.165, 1.54) is 7.11 Å². The topological polar surface area (TPSA) is 68.7 Å². The van der Waals surface area contributed by atoms with Gasteiger partial charge >= 0.3 is 6.09 Å². The van der Waals surface area contributed by atoms with Crippen LogP contribution < -0.4 is 9.64 Å². The zero-order chi connectivity index (χ0) is 22.7. The molecule has 1 aromatic heterocycles. The van der Waals surface area contributed by atoms with E-state index in [9.17, 15) is 9.59 Å². The summed E-state index contributed by atoms with van der Waals surface area (Å²) in [6.07, 6.45) is -0.781. The number of thiazole rings is 1. The van der Waals surface area contributed by atoms with Crippen LogP contribution in [0.15, 0.2) is 66.7 Å². The predicted octanol–water partition coefficient (Wildman–Crippen LogP) is 6.25. The van der Waals surface area contributed by atoms with Gasteiger partial charge < -0.3 is 9.47 Å². The summed E-state index contributed by atoms with van der Waals surface area (Å²) in [5.41, 5.74) is 2.34. The molecule has 0 N–H and O–H groups in total. The summed E-state index contributed by atoms with van der Waals surface area (Å²) in [7, 11) is 1.23. The van der Waals surface area contributed by atoms with Gasteiger partial charge in [0, 0.05) is 10.6 Å². The summed E-state index contributed by atoms with van der Waals surface area (Å²) in [5, 5.41) is 1.36. The number of imide groups is 1. The van der Waals surface area contributed by atoms with Crippen molar-refractivity contribution < 1.29 is 19.1 Å². The summed E-state index contributed by atoms with van der Waals surface area (Å²) in [6, 6.07) is 19.4. The maximum Gasteiger partial charge on any atom is 0.421 e. The lowest BCUT2D eigenvalue weighted by atomic mass is 10.1. The van der Waals surface area contributed by atoms with E-state index in [0.717, 1.165) is 20.1 Å². The minimum absolute atomic E-state index is 0.315. The van der Waals surface area contributed by atoms with Gasteiger partial charge in [0.2, 0.25) is 0 Å². The number of halogens is 1. The standard InChI is InChI=1S/C24H19ClN2O4S/c1-15-13-18(31-14-22-26-19-5-3-4-6-21(19)32-22)11-12-20(15)27(24(29)30-2)23(28)16-7-9-17(25)10-8-16/h3-13H,14H2,1-2H3. The average Bonchev–Trinajstić information content (AvgIpc) is 3.22. The van der Waals surface area contributed by atoms with E-state index in [2.05, 4.69) is 4.98 Å². The Morgan fingerprint density at radius 1 is 1.06 bits per heavy atom. The molecule has 0 aliphatic carbocycles. The first-order valence-corrected chi connectivity index (χ1v) is 10.9. The Morgan fingerprint density at radius 2 is 1.81 bits per heavy atom. The van der Waals surface area contributed by atoms with E-state index in [-0.39, 0.29) is 0 Å². The number of hydrogen-bond acceptors (Lipinski definition) is 6. The van der Waals surface area contributed by atoms with Crippen LogP contribution >= 0.6 is 22.9 Å². The van der Waals surface area contributed by atoms with E-state index >= 15 is 0 Å². The van der Waals surface area contributed by atoms with E-state index in [1.807, 2.05) is 24.3 Å². The highest BCUT2D eigenvalue weighted by Crippen LogP contribution is 2.29. The van der Waals surface area contributed by atoms with Gasteiger partial charge in [-0.25, -0.2) is 14.7 Å². The minimum atomic E-state index is -0.781. The van der Waals surface area contributed by atoms with Crippen molar-refractivity contribution in [1.29, 1.82) is 0 Å². The third-order valence-corrected chi connectivity index (χ3v) is 6.02. The van der Waals surface area contributed by atoms with Crippen LogP contribution in [0.2, 0.25) is 5.02 Å². The first-order valence-electron chi connectivity index (χ1n) is 9.72. The molecule has 0 aliphatic rings. The SMILES string of the molecule is COC(=O)N(C(=O)c1ccc(Cl)cc1)c1ccc(OCc2nc3ccccc3s2)cc1C. The molecule has 1 heterocycles. The first kappa shape index (κ1) is 21.8. The van der Waals surface area contributed by atoms with E-state index in [4.69, 9.17) is 21.1 Å². The highest BCUT2D eigenvalue weighted by molar-refractivity contribution is 7.18. The summed E-state index contributed by atoms with van der Waals surface area (Å²) < 4.78 is 11.9. The minimum Gasteiger partial charge on any atom is -0.486 e. The van der Waals surface area contributed by atoms with Crippen molar-refractivity contribution in [2.24, 2.45) is 0 Å². The summed E-state index contributed by atoms with van der Waals surface area (Å²) in [6.45, 7) is 2.12. The number of ether oxygens (including phenoxy) is 2. The van der Waals surface area contributed by atoms with Gasteiger partial charge in [-0.3, -0.25) is 4.79 Å². The van der Waals surface area contributed by atoms with Crippen LogP contribution in [-0.2, 0) is 11.3 Å². The lowest BCUT2D eigenvalue weighted by Gasteiger charge is -2.22. The van der Waals surface area contributed by atoms with Crippen LogP contribution in [0.3, 0.4) is 0 Å². The van der Waals surface area contributed by atoms with Gasteiger partial charge in [-0.1, -0.05) is 23.7 Å². The number of carbonyl (C=O) groups excluding carboxylic acids is 2. The molecule has 3 aromatic carbocycles. The Morgan fingerprint density at radius 3 is 2.50 bits per heavy atom. The third-order valence-electron chi connectivity index (χ3n) is 4.76. The fraction of sp³-hybridized carbons (Fsp3) is 0.125. The molecule has 0 radical (unpaired) electrons. The Bertz CT molecular complexity index is 1250. The van der Waals surface area contributed by atoms with Gasteiger partial charge in [-0.05, 0) is 67.1 Å². The van der Waals surface area contributed by atoms with Crippen molar-refractivity contribution in [3.63, 3.8) is 0 Å². The molecule has 2 amide bonds. The number of nitrogens with zero attached hydrogens (tertiary/aromatic N) is 2. The summed E-state index contributed by atoms with van der Waals surface area (Å²) >= 11 is 7.49. The van der Waals surface area contributed by atoms with Gasteiger partial charge in [-0.2, -0.15) is 0 Å². The van der Waals surface area contributed by atoms with Crippen LogP contribution in [0.1, 0.15) is 20.9 Å². The van der Waals surface area contributed by atoms with Crippen LogP contribution in [0, 0.1) is 6.92 Å². The molecule has 0 spiro atoms. The number of carbonyl (C=O) groups is 2. The number of para-hydroxylation sites is 1. The number of hydrogen-bond donors (Lipinski definition) is 0. The van der Waals surface area contributed by atoms with Crippen molar-refractivity contribution in [3.05, 3.63) is 87.9 Å². The number of benzene rings is 3. The second-order valence-corrected chi connectivity index (χ2v) is 8.48. The zero-order valence-electron chi connectivity index (χ0n) is 17.4. The van der Waals surface area contributed by atoms with Crippen molar-refractivity contribution in [1.82, 2.24) is 4.98 Å². The highest BCUT2D eigenvalue weighted by Gasteiger charge is 2.27. The molecular weight excluding hydrogens is 448 g/mol.